The highest BCUT2D eigenvalue weighted by molar-refractivity contribution is 5.97. The molecular formula is C25H31F3O8. The van der Waals surface area contributed by atoms with Gasteiger partial charge in [0.1, 0.15) is 41.3 Å². The van der Waals surface area contributed by atoms with Crippen LogP contribution in [0, 0.1) is 5.92 Å². The van der Waals surface area contributed by atoms with Gasteiger partial charge in [-0.05, 0) is 38.8 Å². The molecule has 0 amide bonds. The van der Waals surface area contributed by atoms with Gasteiger partial charge in [0.05, 0.1) is 13.2 Å². The molecule has 1 fully saturated rings. The predicted octanol–water partition coefficient (Wildman–Crippen LogP) is 4.26. The topological polar surface area (TPSA) is 92.7 Å². The summed E-state index contributed by atoms with van der Waals surface area (Å²) in [6.07, 6.45) is -4.02. The number of carbonyl (C=O) groups excluding carboxylic acids is 1. The maximum atomic E-state index is 13.9. The number of ether oxygens (including phenoxy) is 6. The van der Waals surface area contributed by atoms with Crippen molar-refractivity contribution in [2.45, 2.75) is 63.6 Å². The van der Waals surface area contributed by atoms with Crippen LogP contribution in [0.15, 0.2) is 30.4 Å². The van der Waals surface area contributed by atoms with Gasteiger partial charge in [-0.15, -0.1) is 0 Å². The summed E-state index contributed by atoms with van der Waals surface area (Å²) in [7, 11) is 2.81. The minimum Gasteiger partial charge on any atom is -0.497 e. The number of methoxy groups -OCH3 is 2. The molecule has 200 valence electrons. The number of rotatable bonds is 4. The molecule has 5 atom stereocenters. The quantitative estimate of drug-likeness (QED) is 0.361. The van der Waals surface area contributed by atoms with Crippen molar-refractivity contribution in [3.05, 3.63) is 41.5 Å². The van der Waals surface area contributed by atoms with Crippen LogP contribution in [0.5, 0.6) is 11.5 Å². The Morgan fingerprint density at radius 2 is 1.89 bits per heavy atom. The van der Waals surface area contributed by atoms with Crippen molar-refractivity contribution >= 4 is 12.0 Å². The van der Waals surface area contributed by atoms with Gasteiger partial charge in [-0.3, -0.25) is 0 Å². The summed E-state index contributed by atoms with van der Waals surface area (Å²) in [4.78, 5) is 13.2. The Hall–Kier alpha value is -2.60. The first-order chi connectivity index (χ1) is 16.9. The Morgan fingerprint density at radius 1 is 1.17 bits per heavy atom. The second-order valence-corrected chi connectivity index (χ2v) is 8.97. The standard InChI is InChI=1S/C25H31F3O8/c1-14-17(25(26,27)28)9-10-18(29)22-19(35-24(2,3)36-22)8-6-7-15-11-16(32-5)12-20(33-13-31-4)21(15)23(30)34-14/h6-7,9-12,14,17-19,22,29H,8,13H2,1-5H3/b7-6?,10-9-. The predicted molar refractivity (Wildman–Crippen MR) is 123 cm³/mol. The fraction of sp³-hybridized carbons (Fsp3) is 0.560. The third-order valence-electron chi connectivity index (χ3n) is 5.79. The molecule has 0 aromatic heterocycles. The van der Waals surface area contributed by atoms with E-state index in [1.807, 2.05) is 0 Å². The molecule has 1 saturated heterocycles. The van der Waals surface area contributed by atoms with Gasteiger partial charge < -0.3 is 33.5 Å². The monoisotopic (exact) mass is 516 g/mol. The number of halogens is 3. The van der Waals surface area contributed by atoms with Gasteiger partial charge in [-0.25, -0.2) is 4.79 Å². The van der Waals surface area contributed by atoms with Crippen molar-refractivity contribution in [2.24, 2.45) is 5.92 Å². The average molecular weight is 517 g/mol. The lowest BCUT2D eigenvalue weighted by atomic mass is 9.97. The highest BCUT2D eigenvalue weighted by atomic mass is 19.4. The van der Waals surface area contributed by atoms with Gasteiger partial charge in [0, 0.05) is 13.2 Å². The van der Waals surface area contributed by atoms with E-state index in [1.165, 1.54) is 26.4 Å². The maximum absolute atomic E-state index is 13.9. The Bertz CT molecular complexity index is 988. The normalized spacial score (nSPS) is 29.5. The van der Waals surface area contributed by atoms with Gasteiger partial charge in [0.15, 0.2) is 12.6 Å². The van der Waals surface area contributed by atoms with E-state index in [0.717, 1.165) is 19.1 Å². The second kappa shape index (κ2) is 11.2. The maximum Gasteiger partial charge on any atom is 0.398 e. The number of aliphatic hydroxyl groups is 1. The summed E-state index contributed by atoms with van der Waals surface area (Å²) in [5.41, 5.74) is 0.211. The van der Waals surface area contributed by atoms with E-state index in [9.17, 15) is 23.1 Å². The summed E-state index contributed by atoms with van der Waals surface area (Å²) in [5, 5.41) is 10.7. The fourth-order valence-corrected chi connectivity index (χ4v) is 4.15. The molecule has 1 aromatic rings. The molecule has 1 N–H and O–H groups in total. The number of carbonyl (C=O) groups is 1. The first-order valence-electron chi connectivity index (χ1n) is 11.4. The first-order valence-corrected chi connectivity index (χ1v) is 11.4. The van der Waals surface area contributed by atoms with Crippen molar-refractivity contribution in [2.75, 3.05) is 21.0 Å². The van der Waals surface area contributed by atoms with Crippen molar-refractivity contribution < 1.29 is 51.5 Å². The molecule has 3 rings (SSSR count). The summed E-state index contributed by atoms with van der Waals surface area (Å²) in [5.74, 6) is -3.89. The molecule has 5 unspecified atom stereocenters. The molecule has 0 aliphatic carbocycles. The minimum absolute atomic E-state index is 0.0223. The summed E-state index contributed by atoms with van der Waals surface area (Å²) in [6.45, 7) is 4.22. The number of aliphatic hydroxyl groups excluding tert-OH is 1. The van der Waals surface area contributed by atoms with Crippen LogP contribution in [-0.2, 0) is 18.9 Å². The van der Waals surface area contributed by atoms with E-state index >= 15 is 0 Å². The van der Waals surface area contributed by atoms with Gasteiger partial charge in [0.2, 0.25) is 0 Å². The number of cyclic esters (lactones) is 1. The Morgan fingerprint density at radius 3 is 2.53 bits per heavy atom. The van der Waals surface area contributed by atoms with Crippen LogP contribution in [0.25, 0.3) is 6.08 Å². The Labute approximate surface area is 207 Å². The van der Waals surface area contributed by atoms with E-state index in [0.29, 0.717) is 11.3 Å². The zero-order chi connectivity index (χ0) is 26.7. The molecule has 2 heterocycles. The molecule has 36 heavy (non-hydrogen) atoms. The van der Waals surface area contributed by atoms with Gasteiger partial charge >= 0.3 is 12.1 Å². The molecule has 0 radical (unpaired) electrons. The molecule has 2 aliphatic heterocycles. The van der Waals surface area contributed by atoms with Crippen LogP contribution in [0.1, 0.15) is 43.1 Å². The van der Waals surface area contributed by atoms with E-state index in [4.69, 9.17) is 28.4 Å². The third-order valence-corrected chi connectivity index (χ3v) is 5.79. The van der Waals surface area contributed by atoms with Crippen molar-refractivity contribution in [3.63, 3.8) is 0 Å². The van der Waals surface area contributed by atoms with Crippen molar-refractivity contribution in [1.82, 2.24) is 0 Å². The zero-order valence-electron chi connectivity index (χ0n) is 20.7. The second-order valence-electron chi connectivity index (χ2n) is 8.97. The molecule has 1 aromatic carbocycles. The van der Waals surface area contributed by atoms with Crippen LogP contribution in [0.2, 0.25) is 0 Å². The van der Waals surface area contributed by atoms with Crippen LogP contribution in [0.3, 0.4) is 0 Å². The summed E-state index contributed by atoms with van der Waals surface area (Å²) >= 11 is 0. The van der Waals surface area contributed by atoms with E-state index < -0.39 is 48.3 Å². The van der Waals surface area contributed by atoms with E-state index in [1.54, 1.807) is 26.0 Å². The number of fused-ring (bicyclic) bond motifs is 2. The van der Waals surface area contributed by atoms with Gasteiger partial charge in [0.25, 0.3) is 0 Å². The highest BCUT2D eigenvalue weighted by Crippen LogP contribution is 2.37. The number of alkyl halides is 3. The number of esters is 1. The van der Waals surface area contributed by atoms with Crippen molar-refractivity contribution in [1.29, 1.82) is 0 Å². The minimum atomic E-state index is -4.75. The van der Waals surface area contributed by atoms with Crippen LogP contribution in [-0.4, -0.2) is 68.5 Å². The number of hydrogen-bond donors (Lipinski definition) is 1. The Kier molecular flexibility index (Phi) is 8.71. The lowest BCUT2D eigenvalue weighted by molar-refractivity contribution is -0.182. The largest absolute Gasteiger partial charge is 0.497 e. The Balaban J connectivity index is 2.13. The third kappa shape index (κ3) is 6.58. The average Bonchev–Trinajstić information content (AvgIpc) is 3.10. The molecule has 11 heteroatoms. The summed E-state index contributed by atoms with van der Waals surface area (Å²) < 4.78 is 74.4. The van der Waals surface area contributed by atoms with Crippen LogP contribution >= 0.6 is 0 Å². The van der Waals surface area contributed by atoms with Crippen LogP contribution in [0.4, 0.5) is 13.2 Å². The zero-order valence-corrected chi connectivity index (χ0v) is 20.7. The lowest BCUT2D eigenvalue weighted by Gasteiger charge is -2.26. The smallest absolute Gasteiger partial charge is 0.398 e. The van der Waals surface area contributed by atoms with Crippen molar-refractivity contribution in [3.8, 4) is 11.5 Å². The SMILES string of the molecule is COCOc1cc(OC)cc2c1C(=O)OC(C)C(C(F)(F)F)/C=C\C(O)C1OC(C)(C)OC1CC=C2. The fourth-order valence-electron chi connectivity index (χ4n) is 4.15. The number of benzene rings is 1. The molecule has 2 aliphatic rings. The molecule has 0 bridgehead atoms. The molecule has 0 saturated carbocycles. The van der Waals surface area contributed by atoms with Gasteiger partial charge in [-0.1, -0.05) is 24.3 Å². The van der Waals surface area contributed by atoms with Gasteiger partial charge in [-0.2, -0.15) is 13.2 Å². The molecular weight excluding hydrogens is 485 g/mol. The molecule has 8 nitrogen and oxygen atoms in total. The molecule has 0 spiro atoms. The van der Waals surface area contributed by atoms with E-state index in [-0.39, 0.29) is 24.5 Å². The van der Waals surface area contributed by atoms with Crippen LogP contribution < -0.4 is 9.47 Å². The number of hydrogen-bond acceptors (Lipinski definition) is 8. The van der Waals surface area contributed by atoms with E-state index in [2.05, 4.69) is 0 Å². The first kappa shape index (κ1) is 28.0. The highest BCUT2D eigenvalue weighted by Gasteiger charge is 2.46. The summed E-state index contributed by atoms with van der Waals surface area (Å²) in [6, 6.07) is 2.96. The lowest BCUT2D eigenvalue weighted by Crippen LogP contribution is -2.36.